The van der Waals surface area contributed by atoms with Crippen LogP contribution in [0.4, 0.5) is 43.9 Å². The summed E-state index contributed by atoms with van der Waals surface area (Å²) in [6, 6.07) is 28.5. The number of carbonyl (C=O) groups excluding carboxylic acids is 6. The van der Waals surface area contributed by atoms with Crippen LogP contribution in [0.25, 0.3) is 4.72 Å². The maximum Gasteiger partial charge on any atom is 0.391 e. The lowest BCUT2D eigenvalue weighted by Crippen LogP contribution is -2.50. The number of hydrogen-bond donors (Lipinski definition) is 1. The van der Waals surface area contributed by atoms with Gasteiger partial charge in [0.15, 0.2) is 57.1 Å². The molecule has 14 unspecified atom stereocenters. The standard InChI is InChI=1S/C24H25O2S2.C21H32O7S.C20H25F3O9S.C15H21F3O5S.C4H4F4NO2S.CH4O3S.5CH3/c25-28(26,23-14-8-3-9-15-23)24-18-16-22(17-19-24)27(20-10-4-1-5-11-20)21-12-6-2-7-13-21;22-20(27-14-7-3-1-4-8-14)18-13-11-16(17(12-13)29(24,25)26)19(18)21(23)28-15-9-5-2-6-10-15;21-14(20(22,23)33(27,28)29)5-6-30-17(24)10-3-1-2-4-11(10)18(25)31-15-9-7-12-13(8-9)19(26)32-16(12)15;16-12(15(17,18)24(20,21)22)1-2-23-13(19)14-6-9-3-10(7-14)5-11(4-9)8-14;5-3(6)1-2-9-12(10,11)4(3,7)8;1-5(2,3)4;;;;;/h1-2,4-7,10-13,16-19,23H,3,8-9,14-15H2;13-19H,1-12H2,(H,24,25,26);9-16H,1-8H2,(H,27,28,29);9-12H,1-8H2,(H,20,21,22);1-2H2;1H3,(H,2,3,4);5*1H3/q+1;;;;-1;;5*+1/p-3. The zero-order valence-electron chi connectivity index (χ0n) is 76.4. The number of fused-ring (bicyclic) bond motifs is 3. The smallest absolute Gasteiger partial charge is 0.391 e. The number of rotatable bonds is 24. The van der Waals surface area contributed by atoms with E-state index in [0.29, 0.717) is 61.0 Å². The lowest BCUT2D eigenvalue weighted by Gasteiger charge is -2.55. The molecule has 14 atom stereocenters. The van der Waals surface area contributed by atoms with Crippen LogP contribution in [0.1, 0.15) is 205 Å². The van der Waals surface area contributed by atoms with Crippen LogP contribution in [0.3, 0.4) is 0 Å². The zero-order valence-corrected chi connectivity index (χ0v) is 82.1. The van der Waals surface area contributed by atoms with Gasteiger partial charge < -0.3 is 46.8 Å². The Morgan fingerprint density at radius 1 is 0.529 bits per heavy atom. The monoisotopic (exact) mass is 2080 g/mol. The molecule has 8 bridgehead atoms. The number of sulfonamides is 1. The summed E-state index contributed by atoms with van der Waals surface area (Å²) in [7, 11) is -29.3. The molecule has 2 aliphatic heterocycles. The normalized spacial score (nSPS) is 29.4. The van der Waals surface area contributed by atoms with Crippen molar-refractivity contribution in [1.29, 1.82) is 0 Å². The fourth-order valence-electron chi connectivity index (χ4n) is 21.5. The molecule has 46 heteroatoms. The number of alkyl halides is 10. The van der Waals surface area contributed by atoms with Gasteiger partial charge >= 0.3 is 57.5 Å². The minimum atomic E-state index is -6.21. The highest BCUT2D eigenvalue weighted by Gasteiger charge is 2.66. The van der Waals surface area contributed by atoms with Gasteiger partial charge in [0.2, 0.25) is 0 Å². The number of halogens is 10. The van der Waals surface area contributed by atoms with Crippen LogP contribution in [0.2, 0.25) is 0 Å². The van der Waals surface area contributed by atoms with Crippen molar-refractivity contribution < 1.29 is 170 Å². The van der Waals surface area contributed by atoms with Gasteiger partial charge in [0.05, 0.1) is 84.6 Å². The quantitative estimate of drug-likeness (QED) is 0.0217. The molecule has 29 nitrogen and oxygen atoms in total. The van der Waals surface area contributed by atoms with Crippen LogP contribution in [0.15, 0.2) is 105 Å². The highest BCUT2D eigenvalue weighted by molar-refractivity contribution is 7.97. The second-order valence-electron chi connectivity index (χ2n) is 36.5. The van der Waals surface area contributed by atoms with Crippen molar-refractivity contribution in [2.75, 3.05) is 26.0 Å². The summed E-state index contributed by atoms with van der Waals surface area (Å²) in [5.41, 5.74) is -0.590. The molecule has 766 valence electrons. The third kappa shape index (κ3) is 27.9. The average molecular weight is 2080 g/mol. The Morgan fingerprint density at radius 3 is 1.38 bits per heavy atom. The molecule has 2 heterocycles. The summed E-state index contributed by atoms with van der Waals surface area (Å²) in [4.78, 5) is 79.8. The first-order valence-electron chi connectivity index (χ1n) is 44.0. The zero-order chi connectivity index (χ0) is 96.0. The number of hydrogen-bond acceptors (Lipinski definition) is 27. The number of esters is 6. The number of sulfone groups is 1. The molecule has 3 aromatic rings. The van der Waals surface area contributed by atoms with E-state index >= 15 is 0 Å². The molecule has 17 rings (SSSR count). The molecule has 0 spiro atoms. The van der Waals surface area contributed by atoms with E-state index < -0.39 is 210 Å². The number of carbonyl (C=O) groups is 6. The summed E-state index contributed by atoms with van der Waals surface area (Å²) in [5.74, 6) is -10.4. The number of ether oxygens (including phenoxy) is 6. The molecule has 3 aromatic carbocycles. The second kappa shape index (κ2) is 47.7. The minimum Gasteiger partial charge on any atom is -0.748 e. The van der Waals surface area contributed by atoms with Gasteiger partial charge in [-0.15, -0.1) is 6.54 Å². The molecule has 1 N–H and O–H groups in total. The van der Waals surface area contributed by atoms with Crippen LogP contribution in [-0.4, -0.2) is 199 Å². The van der Waals surface area contributed by atoms with E-state index in [4.69, 9.17) is 41.4 Å². The Labute approximate surface area is 795 Å². The number of benzene rings is 3. The molecule has 136 heavy (non-hydrogen) atoms. The number of nitrogens with zero attached hydrogens (tertiary/aromatic N) is 1. The molecule has 0 amide bonds. The van der Waals surface area contributed by atoms with Crippen LogP contribution in [0, 0.1) is 114 Å². The fraction of sp³-hybridized carbons (Fsp3) is 0.678. The van der Waals surface area contributed by atoms with Crippen molar-refractivity contribution >= 4 is 107 Å². The maximum absolute atomic E-state index is 13.5. The highest BCUT2D eigenvalue weighted by Crippen LogP contribution is 2.62. The van der Waals surface area contributed by atoms with Crippen LogP contribution in [-0.2, 0) is 128 Å². The SMILES string of the molecule is CS(=O)(=O)[O-].O=C(OC1CCCCC1)C1C2CC(C1C(=O)OC1CCCCC1)C(S(=O)(=O)O)C2.O=C(OCCC(F)C(F)(F)S(=O)(=O)[O-])C12CC3CC(CC(C3)C1)C2.O=C(OCCC(F)C(F)(F)S(=O)(=O)[O-])C1CCCCC1C(=O)OC1C2CC3C(=O)OC1C3C2.O=S(=O)(c1ccc([S+](c2ccccc2)c2ccccc2)cc1)C1CCCCC1.O=S1(=O)[N-]CCC(F)(F)C1(F)F.[CH3+].[CH3+].[CH3+].[CH3+].[CH3+]. The lowest BCUT2D eigenvalue weighted by molar-refractivity contribution is -0.173. The summed E-state index contributed by atoms with van der Waals surface area (Å²) in [5, 5.41) is -16.4. The summed E-state index contributed by atoms with van der Waals surface area (Å²) >= 11 is 0. The topological polar surface area (TPSA) is 466 Å². The predicted octanol–water partition coefficient (Wildman–Crippen LogP) is 16.2. The third-order valence-corrected chi connectivity index (χ3v) is 36.6. The summed E-state index contributed by atoms with van der Waals surface area (Å²) in [6.07, 6.45) is 13.2. The fourth-order valence-corrected chi connectivity index (χ4v) is 28.5. The van der Waals surface area contributed by atoms with Gasteiger partial charge in [-0.05, 0) is 219 Å². The van der Waals surface area contributed by atoms with Gasteiger partial charge in [-0.2, -0.15) is 43.5 Å². The van der Waals surface area contributed by atoms with Crippen LogP contribution >= 0.6 is 0 Å². The van der Waals surface area contributed by atoms with Gasteiger partial charge in [0.1, 0.15) is 34.4 Å². The second-order valence-corrected chi connectivity index (χ2v) is 48.4. The van der Waals surface area contributed by atoms with Crippen molar-refractivity contribution in [3.63, 3.8) is 0 Å². The Morgan fingerprint density at radius 2 is 0.941 bits per heavy atom. The Balaban J connectivity index is 0.000000261. The molecule has 14 fully saturated rings. The van der Waals surface area contributed by atoms with E-state index in [1.54, 1.807) is 0 Å². The molecular weight excluding hydrogens is 1960 g/mol. The molecular formula is C90H123F10NO28S7+2. The van der Waals surface area contributed by atoms with Gasteiger partial charge in [0.25, 0.3) is 10.1 Å². The van der Waals surface area contributed by atoms with Gasteiger partial charge in [-0.3, -0.25) is 33.3 Å². The Kier molecular flexibility index (Phi) is 41.3. The Hall–Kier alpha value is -7.02. The van der Waals surface area contributed by atoms with Gasteiger partial charge in [-0.25, -0.2) is 50.9 Å². The minimum absolute atomic E-state index is 0. The van der Waals surface area contributed by atoms with E-state index in [9.17, 15) is 128 Å². The average Bonchev–Trinajstić information content (AvgIpc) is 1.26. The van der Waals surface area contributed by atoms with Crippen molar-refractivity contribution in [3.05, 3.63) is 127 Å². The van der Waals surface area contributed by atoms with E-state index in [0.717, 1.165) is 146 Å². The lowest BCUT2D eigenvalue weighted by atomic mass is 9.49. The predicted molar refractivity (Wildman–Crippen MR) is 475 cm³/mol. The maximum atomic E-state index is 13.5. The molecule has 0 radical (unpaired) electrons. The largest absolute Gasteiger partial charge is 0.748 e. The first-order chi connectivity index (χ1) is 61.2. The summed E-state index contributed by atoms with van der Waals surface area (Å²) in [6.45, 7) is -2.33. The highest BCUT2D eigenvalue weighted by atomic mass is 32.2. The van der Waals surface area contributed by atoms with Crippen molar-refractivity contribution in [3.8, 4) is 0 Å². The van der Waals surface area contributed by atoms with Crippen molar-refractivity contribution in [2.45, 2.75) is 294 Å². The van der Waals surface area contributed by atoms with Crippen molar-refractivity contribution in [2.24, 2.45) is 76.4 Å². The van der Waals surface area contributed by atoms with E-state index in [2.05, 4.69) is 53.3 Å². The van der Waals surface area contributed by atoms with E-state index in [-0.39, 0.29) is 114 Å². The molecule has 12 saturated carbocycles. The molecule has 0 aromatic heterocycles. The van der Waals surface area contributed by atoms with Gasteiger partial charge in [-0.1, -0.05) is 81.3 Å². The van der Waals surface area contributed by atoms with E-state index in [1.807, 2.05) is 36.4 Å². The molecule has 12 aliphatic carbocycles. The molecule has 14 aliphatic rings. The Bertz CT molecular complexity index is 5130. The summed E-state index contributed by atoms with van der Waals surface area (Å²) < 4.78 is 333. The van der Waals surface area contributed by atoms with Crippen molar-refractivity contribution in [1.82, 2.24) is 0 Å². The van der Waals surface area contributed by atoms with Gasteiger partial charge in [0, 0.05) is 74.5 Å². The van der Waals surface area contributed by atoms with Crippen LogP contribution < -0.4 is 0 Å². The molecule has 2 saturated heterocycles. The first-order valence-corrected chi connectivity index (χ1v) is 54.4. The first kappa shape index (κ1) is 118. The third-order valence-electron chi connectivity index (χ3n) is 27.4. The van der Waals surface area contributed by atoms with E-state index in [1.165, 1.54) is 9.79 Å². The van der Waals surface area contributed by atoms with Crippen LogP contribution in [0.5, 0.6) is 0 Å².